The molecule has 1 aromatic heterocycles. The Hall–Kier alpha value is -2.61. The monoisotopic (exact) mass is 472 g/mol. The summed E-state index contributed by atoms with van der Waals surface area (Å²) in [4.78, 5) is 12.5. The fourth-order valence-corrected chi connectivity index (χ4v) is 5.60. The normalized spacial score (nSPS) is 11.9. The van der Waals surface area contributed by atoms with E-state index in [-0.39, 0.29) is 9.77 Å². The molecule has 1 heterocycles. The van der Waals surface area contributed by atoms with Crippen LogP contribution in [-0.2, 0) is 16.6 Å². The lowest BCUT2D eigenvalue weighted by Crippen LogP contribution is -2.14. The van der Waals surface area contributed by atoms with Crippen LogP contribution in [0.15, 0.2) is 76.4 Å². The third kappa shape index (κ3) is 4.54. The Kier molecular flexibility index (Phi) is 5.92. The molecule has 8 heteroatoms. The average Bonchev–Trinajstić information content (AvgIpc) is 3.04. The van der Waals surface area contributed by atoms with E-state index >= 15 is 0 Å². The fraction of sp³-hybridized carbons (Fsp3) is 0.174. The van der Waals surface area contributed by atoms with Crippen LogP contribution in [0.25, 0.3) is 10.2 Å². The molecule has 0 aliphatic rings. The molecule has 0 bridgehead atoms. The van der Waals surface area contributed by atoms with Crippen molar-refractivity contribution in [2.45, 2.75) is 31.2 Å². The SMILES string of the molecule is CC(C)c1ccc(NS(=O)(=O)c2ccc3c(c2)sc(=O)n3Cc2ccccc2Cl)cc1. The molecule has 0 saturated heterocycles. The maximum absolute atomic E-state index is 12.9. The Balaban J connectivity index is 1.64. The summed E-state index contributed by atoms with van der Waals surface area (Å²) in [5, 5.41) is 0.584. The highest BCUT2D eigenvalue weighted by molar-refractivity contribution is 7.92. The van der Waals surface area contributed by atoms with Gasteiger partial charge in [-0.15, -0.1) is 0 Å². The van der Waals surface area contributed by atoms with Gasteiger partial charge in [-0.2, -0.15) is 0 Å². The van der Waals surface area contributed by atoms with Gasteiger partial charge in [0.1, 0.15) is 0 Å². The van der Waals surface area contributed by atoms with E-state index in [0.29, 0.717) is 33.4 Å². The Morgan fingerprint density at radius 1 is 1.03 bits per heavy atom. The summed E-state index contributed by atoms with van der Waals surface area (Å²) in [5.41, 5.74) is 3.13. The first-order chi connectivity index (χ1) is 14.7. The first-order valence-corrected chi connectivity index (χ1v) is 12.4. The number of hydrogen-bond acceptors (Lipinski definition) is 4. The van der Waals surface area contributed by atoms with E-state index in [1.807, 2.05) is 30.3 Å². The number of anilines is 1. The zero-order valence-electron chi connectivity index (χ0n) is 17.0. The smallest absolute Gasteiger partial charge is 0.294 e. The standard InChI is InChI=1S/C23H21ClN2O3S2/c1-15(2)16-7-9-18(10-8-16)25-31(28,29)19-11-12-21-22(13-19)30-23(27)26(21)14-17-5-3-4-6-20(17)24/h3-13,15,25H,14H2,1-2H3. The lowest BCUT2D eigenvalue weighted by molar-refractivity contribution is 0.601. The molecule has 4 rings (SSSR count). The highest BCUT2D eigenvalue weighted by atomic mass is 35.5. The largest absolute Gasteiger partial charge is 0.308 e. The van der Waals surface area contributed by atoms with E-state index in [4.69, 9.17) is 11.6 Å². The van der Waals surface area contributed by atoms with Gasteiger partial charge in [0.15, 0.2) is 0 Å². The second kappa shape index (κ2) is 8.49. The lowest BCUT2D eigenvalue weighted by atomic mass is 10.0. The molecule has 3 aromatic carbocycles. The van der Waals surface area contributed by atoms with Crippen molar-refractivity contribution < 1.29 is 8.42 Å². The molecule has 0 saturated carbocycles. The van der Waals surface area contributed by atoms with Crippen molar-refractivity contribution in [1.29, 1.82) is 0 Å². The van der Waals surface area contributed by atoms with Gasteiger partial charge in [-0.05, 0) is 53.4 Å². The van der Waals surface area contributed by atoms with Crippen LogP contribution in [0.5, 0.6) is 0 Å². The number of aromatic nitrogens is 1. The van der Waals surface area contributed by atoms with Crippen molar-refractivity contribution in [3.63, 3.8) is 0 Å². The number of fused-ring (bicyclic) bond motifs is 1. The number of halogens is 1. The zero-order valence-corrected chi connectivity index (χ0v) is 19.4. The molecule has 0 radical (unpaired) electrons. The number of sulfonamides is 1. The van der Waals surface area contributed by atoms with E-state index in [0.717, 1.165) is 22.5 Å². The molecule has 160 valence electrons. The average molecular weight is 473 g/mol. The summed E-state index contributed by atoms with van der Waals surface area (Å²) < 4.78 is 30.6. The molecule has 0 amide bonds. The third-order valence-corrected chi connectivity index (χ3v) is 7.76. The van der Waals surface area contributed by atoms with Crippen molar-refractivity contribution in [2.75, 3.05) is 4.72 Å². The minimum absolute atomic E-state index is 0.110. The predicted octanol–water partition coefficient (Wildman–Crippen LogP) is 5.69. The predicted molar refractivity (Wildman–Crippen MR) is 128 cm³/mol. The molecule has 31 heavy (non-hydrogen) atoms. The van der Waals surface area contributed by atoms with Crippen LogP contribution in [-0.4, -0.2) is 13.0 Å². The van der Waals surface area contributed by atoms with Crippen molar-refractivity contribution in [3.8, 4) is 0 Å². The van der Waals surface area contributed by atoms with Crippen molar-refractivity contribution >= 4 is 48.9 Å². The van der Waals surface area contributed by atoms with Gasteiger partial charge < -0.3 is 0 Å². The Labute approximate surface area is 190 Å². The molecule has 1 N–H and O–H groups in total. The molecule has 0 aliphatic carbocycles. The molecule has 0 spiro atoms. The van der Waals surface area contributed by atoms with E-state index in [1.54, 1.807) is 28.8 Å². The Bertz CT molecular complexity index is 1410. The van der Waals surface area contributed by atoms with E-state index in [1.165, 1.54) is 12.1 Å². The van der Waals surface area contributed by atoms with E-state index < -0.39 is 10.0 Å². The van der Waals surface area contributed by atoms with Gasteiger partial charge in [-0.3, -0.25) is 14.1 Å². The molecule has 0 fully saturated rings. The summed E-state index contributed by atoms with van der Waals surface area (Å²) in [6.45, 7) is 4.49. The number of nitrogens with one attached hydrogen (secondary N) is 1. The summed E-state index contributed by atoms with van der Waals surface area (Å²) in [5.74, 6) is 0.366. The molecule has 0 unspecified atom stereocenters. The molecule has 0 aliphatic heterocycles. The minimum Gasteiger partial charge on any atom is -0.294 e. The van der Waals surface area contributed by atoms with Crippen LogP contribution in [0.3, 0.4) is 0 Å². The topological polar surface area (TPSA) is 68.2 Å². The number of nitrogens with zero attached hydrogens (tertiary/aromatic N) is 1. The lowest BCUT2D eigenvalue weighted by Gasteiger charge is -2.11. The molecular formula is C23H21ClN2O3S2. The first kappa shape index (κ1) is 21.6. The zero-order chi connectivity index (χ0) is 22.2. The molecule has 4 aromatic rings. The van der Waals surface area contributed by atoms with Gasteiger partial charge >= 0.3 is 4.87 Å². The van der Waals surface area contributed by atoms with Crippen LogP contribution in [0, 0.1) is 0 Å². The van der Waals surface area contributed by atoms with Crippen LogP contribution in [0.4, 0.5) is 5.69 Å². The van der Waals surface area contributed by atoms with Gasteiger partial charge in [-0.25, -0.2) is 8.42 Å². The number of rotatable bonds is 6. The Morgan fingerprint density at radius 2 is 1.74 bits per heavy atom. The summed E-state index contributed by atoms with van der Waals surface area (Å²) in [6, 6.07) is 19.4. The van der Waals surface area contributed by atoms with Gasteiger partial charge in [0.25, 0.3) is 10.0 Å². The quantitative estimate of drug-likeness (QED) is 0.392. The number of thiazole rings is 1. The van der Waals surface area contributed by atoms with E-state index in [9.17, 15) is 13.2 Å². The summed E-state index contributed by atoms with van der Waals surface area (Å²) >= 11 is 7.25. The highest BCUT2D eigenvalue weighted by Gasteiger charge is 2.18. The van der Waals surface area contributed by atoms with Crippen LogP contribution in [0.2, 0.25) is 5.02 Å². The van der Waals surface area contributed by atoms with Crippen molar-refractivity contribution in [3.05, 3.63) is 92.5 Å². The molecule has 0 atom stereocenters. The summed E-state index contributed by atoms with van der Waals surface area (Å²) in [7, 11) is -3.78. The third-order valence-electron chi connectivity index (χ3n) is 5.07. The second-order valence-electron chi connectivity index (χ2n) is 7.56. The van der Waals surface area contributed by atoms with Gasteiger partial charge in [0.05, 0.1) is 21.7 Å². The maximum Gasteiger partial charge on any atom is 0.308 e. The number of benzene rings is 3. The minimum atomic E-state index is -3.78. The van der Waals surface area contributed by atoms with Crippen LogP contribution < -0.4 is 9.60 Å². The van der Waals surface area contributed by atoms with Gasteiger partial charge in [-0.1, -0.05) is 67.1 Å². The molecule has 5 nitrogen and oxygen atoms in total. The first-order valence-electron chi connectivity index (χ1n) is 9.74. The van der Waals surface area contributed by atoms with Crippen LogP contribution >= 0.6 is 22.9 Å². The van der Waals surface area contributed by atoms with Crippen molar-refractivity contribution in [2.24, 2.45) is 0 Å². The van der Waals surface area contributed by atoms with Gasteiger partial charge in [0, 0.05) is 10.7 Å². The van der Waals surface area contributed by atoms with E-state index in [2.05, 4.69) is 18.6 Å². The van der Waals surface area contributed by atoms with Crippen LogP contribution in [0.1, 0.15) is 30.9 Å². The highest BCUT2D eigenvalue weighted by Crippen LogP contribution is 2.26. The van der Waals surface area contributed by atoms with Crippen molar-refractivity contribution in [1.82, 2.24) is 4.57 Å². The fourth-order valence-electron chi connectivity index (χ4n) is 3.31. The van der Waals surface area contributed by atoms with Gasteiger partial charge in [0.2, 0.25) is 0 Å². The second-order valence-corrected chi connectivity index (χ2v) is 10.6. The summed E-state index contributed by atoms with van der Waals surface area (Å²) in [6.07, 6.45) is 0. The molecular weight excluding hydrogens is 452 g/mol. The Morgan fingerprint density at radius 3 is 2.42 bits per heavy atom. The number of hydrogen-bond donors (Lipinski definition) is 1. The maximum atomic E-state index is 12.9.